The quantitative estimate of drug-likeness (QED) is 0.386. The maximum absolute atomic E-state index is 5.46. The SMILES string of the molecule is CN=C(NCCCCN1CCCC1)NCc1ccccc1CN1CCOCC1. The predicted octanol–water partition coefficient (Wildman–Crippen LogP) is 2.06. The van der Waals surface area contributed by atoms with E-state index in [1.165, 1.54) is 56.4 Å². The zero-order valence-electron chi connectivity index (χ0n) is 17.5. The van der Waals surface area contributed by atoms with Crippen molar-refractivity contribution in [2.75, 3.05) is 59.5 Å². The summed E-state index contributed by atoms with van der Waals surface area (Å²) < 4.78 is 5.46. The average molecular weight is 388 g/mol. The molecule has 2 aliphatic rings. The van der Waals surface area contributed by atoms with Crippen LogP contribution in [0.1, 0.15) is 36.8 Å². The molecule has 3 rings (SSSR count). The Bertz CT molecular complexity index is 594. The number of aliphatic imine (C=N–C) groups is 1. The van der Waals surface area contributed by atoms with E-state index < -0.39 is 0 Å². The molecule has 2 fully saturated rings. The van der Waals surface area contributed by atoms with Crippen LogP contribution in [0.2, 0.25) is 0 Å². The highest BCUT2D eigenvalue weighted by Crippen LogP contribution is 2.13. The van der Waals surface area contributed by atoms with Crippen molar-refractivity contribution in [3.05, 3.63) is 35.4 Å². The first kappa shape index (κ1) is 21.1. The van der Waals surface area contributed by atoms with Gasteiger partial charge in [0.05, 0.1) is 13.2 Å². The fourth-order valence-corrected chi connectivity index (χ4v) is 3.96. The predicted molar refractivity (Wildman–Crippen MR) is 116 cm³/mol. The number of morpholine rings is 1. The van der Waals surface area contributed by atoms with Crippen LogP contribution in [0, 0.1) is 0 Å². The van der Waals surface area contributed by atoms with Gasteiger partial charge in [0.1, 0.15) is 0 Å². The standard InChI is InChI=1S/C22H37N5O/c1-23-22(24-10-4-5-11-26-12-6-7-13-26)25-18-20-8-2-3-9-21(20)19-27-14-16-28-17-15-27/h2-3,8-9H,4-7,10-19H2,1H3,(H2,23,24,25). The Hall–Kier alpha value is -1.63. The summed E-state index contributed by atoms with van der Waals surface area (Å²) in [5, 5.41) is 6.94. The van der Waals surface area contributed by atoms with Crippen molar-refractivity contribution in [2.45, 2.75) is 38.8 Å². The molecule has 6 nitrogen and oxygen atoms in total. The molecule has 0 atom stereocenters. The number of nitrogens with zero attached hydrogens (tertiary/aromatic N) is 3. The monoisotopic (exact) mass is 387 g/mol. The van der Waals surface area contributed by atoms with Crippen LogP contribution >= 0.6 is 0 Å². The van der Waals surface area contributed by atoms with E-state index in [1.54, 1.807) is 0 Å². The van der Waals surface area contributed by atoms with Crippen LogP contribution in [0.15, 0.2) is 29.3 Å². The number of rotatable bonds is 9. The topological polar surface area (TPSA) is 52.1 Å². The van der Waals surface area contributed by atoms with E-state index in [0.717, 1.165) is 51.9 Å². The van der Waals surface area contributed by atoms with Crippen LogP contribution in [0.25, 0.3) is 0 Å². The van der Waals surface area contributed by atoms with Gasteiger partial charge in [-0.2, -0.15) is 0 Å². The summed E-state index contributed by atoms with van der Waals surface area (Å²) in [7, 11) is 1.85. The minimum absolute atomic E-state index is 0.800. The fourth-order valence-electron chi connectivity index (χ4n) is 3.96. The van der Waals surface area contributed by atoms with E-state index in [9.17, 15) is 0 Å². The Morgan fingerprint density at radius 3 is 2.46 bits per heavy atom. The molecule has 28 heavy (non-hydrogen) atoms. The van der Waals surface area contributed by atoms with Gasteiger partial charge in [-0.25, -0.2) is 0 Å². The lowest BCUT2D eigenvalue weighted by molar-refractivity contribution is 0.0341. The van der Waals surface area contributed by atoms with Gasteiger partial charge in [-0.3, -0.25) is 9.89 Å². The number of ether oxygens (including phenoxy) is 1. The lowest BCUT2D eigenvalue weighted by Crippen LogP contribution is -2.38. The first-order chi connectivity index (χ1) is 13.8. The summed E-state index contributed by atoms with van der Waals surface area (Å²) in [4.78, 5) is 9.43. The molecule has 2 saturated heterocycles. The number of benzene rings is 1. The van der Waals surface area contributed by atoms with E-state index in [-0.39, 0.29) is 0 Å². The smallest absolute Gasteiger partial charge is 0.191 e. The molecule has 0 aromatic heterocycles. The molecule has 6 heteroatoms. The Morgan fingerprint density at radius 2 is 1.71 bits per heavy atom. The highest BCUT2D eigenvalue weighted by Gasteiger charge is 2.13. The minimum atomic E-state index is 0.800. The number of hydrogen-bond acceptors (Lipinski definition) is 4. The third-order valence-electron chi connectivity index (χ3n) is 5.68. The normalized spacial score (nSPS) is 19.1. The highest BCUT2D eigenvalue weighted by molar-refractivity contribution is 5.79. The third kappa shape index (κ3) is 7.08. The molecule has 2 heterocycles. The molecular weight excluding hydrogens is 350 g/mol. The second kappa shape index (κ2) is 12.0. The van der Waals surface area contributed by atoms with Gasteiger partial charge in [-0.1, -0.05) is 24.3 Å². The lowest BCUT2D eigenvalue weighted by atomic mass is 10.1. The molecule has 0 aliphatic carbocycles. The van der Waals surface area contributed by atoms with Crippen LogP contribution in [-0.2, 0) is 17.8 Å². The van der Waals surface area contributed by atoms with Crippen molar-refractivity contribution in [2.24, 2.45) is 4.99 Å². The second-order valence-electron chi connectivity index (χ2n) is 7.77. The van der Waals surface area contributed by atoms with Gasteiger partial charge in [-0.05, 0) is 56.4 Å². The zero-order chi connectivity index (χ0) is 19.4. The van der Waals surface area contributed by atoms with E-state index in [0.29, 0.717) is 0 Å². The van der Waals surface area contributed by atoms with Gasteiger partial charge >= 0.3 is 0 Å². The van der Waals surface area contributed by atoms with Crippen LogP contribution in [0.4, 0.5) is 0 Å². The molecule has 0 spiro atoms. The van der Waals surface area contributed by atoms with Gasteiger partial charge in [0, 0.05) is 39.8 Å². The van der Waals surface area contributed by atoms with Crippen LogP contribution < -0.4 is 10.6 Å². The highest BCUT2D eigenvalue weighted by atomic mass is 16.5. The number of nitrogens with one attached hydrogen (secondary N) is 2. The molecule has 1 aromatic carbocycles. The number of likely N-dealkylation sites (tertiary alicyclic amines) is 1. The Labute approximate surface area is 170 Å². The molecule has 0 radical (unpaired) electrons. The van der Waals surface area contributed by atoms with Crippen LogP contribution in [-0.4, -0.2) is 75.3 Å². The molecule has 2 N–H and O–H groups in total. The number of unbranched alkanes of at least 4 members (excludes halogenated alkanes) is 1. The third-order valence-corrected chi connectivity index (χ3v) is 5.68. The van der Waals surface area contributed by atoms with E-state index in [2.05, 4.69) is 49.7 Å². The summed E-state index contributed by atoms with van der Waals surface area (Å²) in [6.07, 6.45) is 5.20. The van der Waals surface area contributed by atoms with E-state index in [1.807, 2.05) is 7.05 Å². The zero-order valence-corrected chi connectivity index (χ0v) is 17.5. The maximum atomic E-state index is 5.46. The van der Waals surface area contributed by atoms with Gasteiger partial charge in [0.15, 0.2) is 5.96 Å². The molecule has 0 amide bonds. The maximum Gasteiger partial charge on any atom is 0.191 e. The van der Waals surface area contributed by atoms with Gasteiger partial charge in [-0.15, -0.1) is 0 Å². The number of guanidine groups is 1. The lowest BCUT2D eigenvalue weighted by Gasteiger charge is -2.27. The molecule has 156 valence electrons. The number of hydrogen-bond donors (Lipinski definition) is 2. The summed E-state index contributed by atoms with van der Waals surface area (Å²) in [5.74, 6) is 0.891. The van der Waals surface area contributed by atoms with Gasteiger partial charge in [0.2, 0.25) is 0 Å². The first-order valence-electron chi connectivity index (χ1n) is 10.9. The summed E-state index contributed by atoms with van der Waals surface area (Å²) in [6.45, 7) is 10.3. The first-order valence-corrected chi connectivity index (χ1v) is 10.9. The van der Waals surface area contributed by atoms with Crippen LogP contribution in [0.3, 0.4) is 0 Å². The van der Waals surface area contributed by atoms with Crippen LogP contribution in [0.5, 0.6) is 0 Å². The molecule has 0 saturated carbocycles. The molecular formula is C22H37N5O. The van der Waals surface area contributed by atoms with Crippen molar-refractivity contribution >= 4 is 5.96 Å². The molecule has 1 aromatic rings. The van der Waals surface area contributed by atoms with Crippen molar-refractivity contribution < 1.29 is 4.74 Å². The fraction of sp³-hybridized carbons (Fsp3) is 0.682. The molecule has 2 aliphatic heterocycles. The van der Waals surface area contributed by atoms with E-state index >= 15 is 0 Å². The van der Waals surface area contributed by atoms with Crippen molar-refractivity contribution in [1.82, 2.24) is 20.4 Å². The Morgan fingerprint density at radius 1 is 0.964 bits per heavy atom. The summed E-state index contributed by atoms with van der Waals surface area (Å²) in [6, 6.07) is 8.70. The largest absolute Gasteiger partial charge is 0.379 e. The van der Waals surface area contributed by atoms with Gasteiger partial charge in [0.25, 0.3) is 0 Å². The van der Waals surface area contributed by atoms with Gasteiger partial charge < -0.3 is 20.3 Å². The van der Waals surface area contributed by atoms with Crippen molar-refractivity contribution in [1.29, 1.82) is 0 Å². The molecule has 0 bridgehead atoms. The van der Waals surface area contributed by atoms with Crippen molar-refractivity contribution in [3.63, 3.8) is 0 Å². The summed E-state index contributed by atoms with van der Waals surface area (Å²) >= 11 is 0. The second-order valence-corrected chi connectivity index (χ2v) is 7.77. The minimum Gasteiger partial charge on any atom is -0.379 e. The Kier molecular flexibility index (Phi) is 9.07. The summed E-state index contributed by atoms with van der Waals surface area (Å²) in [5.41, 5.74) is 2.73. The van der Waals surface area contributed by atoms with E-state index in [4.69, 9.17) is 4.74 Å². The Balaban J connectivity index is 1.38. The van der Waals surface area contributed by atoms with Crippen molar-refractivity contribution in [3.8, 4) is 0 Å². The molecule has 0 unspecified atom stereocenters. The average Bonchev–Trinajstić information content (AvgIpc) is 3.25.